The van der Waals surface area contributed by atoms with Crippen LogP contribution in [0.5, 0.6) is 0 Å². The van der Waals surface area contributed by atoms with E-state index in [9.17, 15) is 17.6 Å². The van der Waals surface area contributed by atoms with Crippen LogP contribution >= 0.6 is 15.9 Å². The maximum Gasteiger partial charge on any atom is 0.338 e. The van der Waals surface area contributed by atoms with Gasteiger partial charge in [0.25, 0.3) is 10.0 Å². The normalized spacial score (nSPS) is 11.1. The van der Waals surface area contributed by atoms with Gasteiger partial charge in [-0.25, -0.2) is 17.6 Å². The maximum absolute atomic E-state index is 13.5. The fourth-order valence-corrected chi connectivity index (χ4v) is 3.68. The SMILES string of the molecule is O=C(O)c1ccc(NS(=O)(=O)c2ccccc2Br)cc1F. The standard InChI is InChI=1S/C13H9BrFNO4S/c14-10-3-1-2-4-12(10)21(19,20)16-8-5-6-9(13(17)18)11(15)7-8/h1-7,16H,(H,17,18). The topological polar surface area (TPSA) is 83.5 Å². The molecule has 0 bridgehead atoms. The van der Waals surface area contributed by atoms with Crippen LogP contribution in [0.2, 0.25) is 0 Å². The van der Waals surface area contributed by atoms with Gasteiger partial charge in [0.1, 0.15) is 10.7 Å². The average molecular weight is 374 g/mol. The number of anilines is 1. The highest BCUT2D eigenvalue weighted by Gasteiger charge is 2.18. The molecule has 0 saturated heterocycles. The Bertz CT molecular complexity index is 808. The van der Waals surface area contributed by atoms with Crippen LogP contribution in [-0.4, -0.2) is 19.5 Å². The summed E-state index contributed by atoms with van der Waals surface area (Å²) >= 11 is 3.12. The Kier molecular flexibility index (Phi) is 4.29. The lowest BCUT2D eigenvalue weighted by atomic mass is 10.2. The van der Waals surface area contributed by atoms with Crippen LogP contribution < -0.4 is 4.72 Å². The van der Waals surface area contributed by atoms with E-state index in [0.29, 0.717) is 4.47 Å². The Balaban J connectivity index is 2.36. The van der Waals surface area contributed by atoms with Gasteiger partial charge < -0.3 is 5.11 Å². The van der Waals surface area contributed by atoms with Crippen molar-refractivity contribution in [2.75, 3.05) is 4.72 Å². The summed E-state index contributed by atoms with van der Waals surface area (Å²) < 4.78 is 40.4. The second-order valence-corrected chi connectivity index (χ2v) is 6.54. The minimum Gasteiger partial charge on any atom is -0.478 e. The van der Waals surface area contributed by atoms with E-state index >= 15 is 0 Å². The highest BCUT2D eigenvalue weighted by Crippen LogP contribution is 2.24. The minimum absolute atomic E-state index is 0.00674. The molecule has 5 nitrogen and oxygen atoms in total. The van der Waals surface area contributed by atoms with Crippen molar-refractivity contribution in [3.05, 3.63) is 58.3 Å². The second-order valence-electron chi connectivity index (χ2n) is 4.04. The predicted octanol–water partition coefficient (Wildman–Crippen LogP) is 3.09. The van der Waals surface area contributed by atoms with E-state index in [4.69, 9.17) is 5.11 Å². The molecule has 0 spiro atoms. The highest BCUT2D eigenvalue weighted by atomic mass is 79.9. The van der Waals surface area contributed by atoms with E-state index in [0.717, 1.165) is 12.1 Å². The molecule has 8 heteroatoms. The minimum atomic E-state index is -3.90. The Morgan fingerprint density at radius 2 is 1.86 bits per heavy atom. The van der Waals surface area contributed by atoms with Crippen molar-refractivity contribution in [2.45, 2.75) is 4.90 Å². The fourth-order valence-electron chi connectivity index (χ4n) is 1.62. The molecular weight excluding hydrogens is 365 g/mol. The molecule has 0 radical (unpaired) electrons. The first kappa shape index (κ1) is 15.5. The lowest BCUT2D eigenvalue weighted by Gasteiger charge is -2.10. The van der Waals surface area contributed by atoms with Crippen molar-refractivity contribution >= 4 is 37.6 Å². The van der Waals surface area contributed by atoms with Crippen LogP contribution in [0.4, 0.5) is 10.1 Å². The van der Waals surface area contributed by atoms with E-state index < -0.39 is 27.4 Å². The lowest BCUT2D eigenvalue weighted by Crippen LogP contribution is -2.14. The van der Waals surface area contributed by atoms with Gasteiger partial charge in [-0.3, -0.25) is 4.72 Å². The van der Waals surface area contributed by atoms with Gasteiger partial charge >= 0.3 is 5.97 Å². The molecule has 2 aromatic rings. The smallest absolute Gasteiger partial charge is 0.338 e. The van der Waals surface area contributed by atoms with Gasteiger partial charge in [-0.05, 0) is 46.3 Å². The molecule has 0 fully saturated rings. The van der Waals surface area contributed by atoms with E-state index in [1.54, 1.807) is 18.2 Å². The lowest BCUT2D eigenvalue weighted by molar-refractivity contribution is 0.0692. The fraction of sp³-hybridized carbons (Fsp3) is 0. The van der Waals surface area contributed by atoms with Crippen molar-refractivity contribution in [2.24, 2.45) is 0 Å². The Morgan fingerprint density at radius 3 is 2.43 bits per heavy atom. The predicted molar refractivity (Wildman–Crippen MR) is 78.3 cm³/mol. The van der Waals surface area contributed by atoms with Crippen molar-refractivity contribution < 1.29 is 22.7 Å². The summed E-state index contributed by atoms with van der Waals surface area (Å²) in [5.74, 6) is -2.44. The second kappa shape index (κ2) is 5.82. The van der Waals surface area contributed by atoms with Gasteiger partial charge in [-0.1, -0.05) is 12.1 Å². The van der Waals surface area contributed by atoms with Crippen LogP contribution in [0.3, 0.4) is 0 Å². The van der Waals surface area contributed by atoms with E-state index in [1.807, 2.05) is 0 Å². The number of hydrogen-bond donors (Lipinski definition) is 2. The van der Waals surface area contributed by atoms with Crippen LogP contribution in [0.15, 0.2) is 51.8 Å². The number of halogens is 2. The zero-order valence-electron chi connectivity index (χ0n) is 10.4. The molecule has 0 atom stereocenters. The number of hydrogen-bond acceptors (Lipinski definition) is 3. The monoisotopic (exact) mass is 373 g/mol. The summed E-state index contributed by atoms with van der Waals surface area (Å²) in [7, 11) is -3.90. The zero-order valence-corrected chi connectivity index (χ0v) is 12.8. The number of rotatable bonds is 4. The number of aromatic carboxylic acids is 1. The van der Waals surface area contributed by atoms with Gasteiger partial charge in [0.2, 0.25) is 0 Å². The molecule has 0 amide bonds. The van der Waals surface area contributed by atoms with Crippen molar-refractivity contribution in [3.8, 4) is 0 Å². The molecule has 0 aliphatic rings. The third-order valence-corrected chi connectivity index (χ3v) is 4.97. The molecule has 2 rings (SSSR count). The molecule has 0 aliphatic carbocycles. The Hall–Kier alpha value is -1.93. The van der Waals surface area contributed by atoms with Gasteiger partial charge in [0.15, 0.2) is 0 Å². The van der Waals surface area contributed by atoms with Crippen molar-refractivity contribution in [1.82, 2.24) is 0 Å². The van der Waals surface area contributed by atoms with Crippen LogP contribution in [0.25, 0.3) is 0 Å². The van der Waals surface area contributed by atoms with Gasteiger partial charge in [0, 0.05) is 4.47 Å². The van der Waals surface area contributed by atoms with Crippen molar-refractivity contribution in [1.29, 1.82) is 0 Å². The summed E-state index contributed by atoms with van der Waals surface area (Å²) in [6, 6.07) is 9.14. The molecule has 0 saturated carbocycles. The van der Waals surface area contributed by atoms with Gasteiger partial charge in [0.05, 0.1) is 11.3 Å². The first-order valence-corrected chi connectivity index (χ1v) is 7.89. The van der Waals surface area contributed by atoms with Gasteiger partial charge in [-0.15, -0.1) is 0 Å². The average Bonchev–Trinajstić information content (AvgIpc) is 2.38. The van der Waals surface area contributed by atoms with Crippen molar-refractivity contribution in [3.63, 3.8) is 0 Å². The number of carboxylic acid groups (broad SMARTS) is 1. The molecule has 110 valence electrons. The zero-order chi connectivity index (χ0) is 15.6. The molecule has 0 unspecified atom stereocenters. The van der Waals surface area contributed by atoms with Gasteiger partial charge in [-0.2, -0.15) is 0 Å². The largest absolute Gasteiger partial charge is 0.478 e. The molecule has 0 aliphatic heterocycles. The Morgan fingerprint density at radius 1 is 1.19 bits per heavy atom. The molecule has 21 heavy (non-hydrogen) atoms. The van der Waals surface area contributed by atoms with E-state index in [1.165, 1.54) is 12.1 Å². The number of nitrogens with one attached hydrogen (secondary N) is 1. The first-order chi connectivity index (χ1) is 9.81. The first-order valence-electron chi connectivity index (χ1n) is 5.61. The van der Waals surface area contributed by atoms with E-state index in [2.05, 4.69) is 20.7 Å². The number of benzene rings is 2. The van der Waals surface area contributed by atoms with Crippen LogP contribution in [0.1, 0.15) is 10.4 Å². The maximum atomic E-state index is 13.5. The van der Waals surface area contributed by atoms with Crippen LogP contribution in [-0.2, 0) is 10.0 Å². The van der Waals surface area contributed by atoms with E-state index in [-0.39, 0.29) is 10.6 Å². The number of sulfonamides is 1. The molecule has 0 aromatic heterocycles. The van der Waals surface area contributed by atoms with Crippen LogP contribution in [0, 0.1) is 5.82 Å². The third-order valence-electron chi connectivity index (χ3n) is 2.58. The third kappa shape index (κ3) is 3.40. The number of carbonyl (C=O) groups is 1. The summed E-state index contributed by atoms with van der Waals surface area (Å²) in [5.41, 5.74) is -0.591. The summed E-state index contributed by atoms with van der Waals surface area (Å²) in [5, 5.41) is 8.72. The Labute approximate surface area is 128 Å². The summed E-state index contributed by atoms with van der Waals surface area (Å²) in [6.07, 6.45) is 0. The quantitative estimate of drug-likeness (QED) is 0.862. The summed E-state index contributed by atoms with van der Waals surface area (Å²) in [6.45, 7) is 0. The molecular formula is C13H9BrFNO4S. The molecule has 2 aromatic carbocycles. The highest BCUT2D eigenvalue weighted by molar-refractivity contribution is 9.10. The number of carboxylic acids is 1. The summed E-state index contributed by atoms with van der Waals surface area (Å²) in [4.78, 5) is 10.7. The molecule has 2 N–H and O–H groups in total. The molecule has 0 heterocycles.